The largest absolute Gasteiger partial charge is 0.478 e. The topological polar surface area (TPSA) is 97.6 Å². The van der Waals surface area contributed by atoms with Crippen LogP contribution in [0.15, 0.2) is 27.8 Å². The number of nitrogens with zero attached hydrogens (tertiary/aromatic N) is 2. The number of nitrogen functional groups attached to an aromatic ring is 1. The maximum absolute atomic E-state index is 11.3. The van der Waals surface area contributed by atoms with Crippen LogP contribution in [-0.4, -0.2) is 36.1 Å². The lowest BCUT2D eigenvalue weighted by atomic mass is 10.1. The summed E-state index contributed by atoms with van der Waals surface area (Å²) in [6.45, 7) is 4.13. The van der Waals surface area contributed by atoms with E-state index in [2.05, 4.69) is 15.2 Å². The lowest BCUT2D eigenvalue weighted by molar-refractivity contribution is 0.217. The highest BCUT2D eigenvalue weighted by Crippen LogP contribution is 2.14. The molecule has 1 aromatic carbocycles. The Morgan fingerprint density at radius 3 is 2.72 bits per heavy atom. The highest BCUT2D eigenvalue weighted by molar-refractivity contribution is 5.71. The van der Waals surface area contributed by atoms with Gasteiger partial charge in [-0.15, -0.1) is 0 Å². The van der Waals surface area contributed by atoms with Gasteiger partial charge in [0.25, 0.3) is 10.9 Å². The lowest BCUT2D eigenvalue weighted by Gasteiger charge is -2.26. The van der Waals surface area contributed by atoms with Crippen LogP contribution in [0.3, 0.4) is 0 Å². The third kappa shape index (κ3) is 4.36. The molecular weight excluding hydrogens is 320 g/mol. The van der Waals surface area contributed by atoms with Crippen molar-refractivity contribution in [3.63, 3.8) is 0 Å². The molecule has 1 aliphatic rings. The maximum atomic E-state index is 11.3. The van der Waals surface area contributed by atoms with Gasteiger partial charge < -0.3 is 15.8 Å². The van der Waals surface area contributed by atoms with E-state index in [1.54, 1.807) is 0 Å². The number of ether oxygens (including phenoxy) is 1. The molecule has 7 nitrogen and oxygen atoms in total. The van der Waals surface area contributed by atoms with Crippen LogP contribution in [0.4, 0.5) is 11.4 Å². The molecule has 3 rings (SSSR count). The van der Waals surface area contributed by atoms with Crippen LogP contribution in [0.2, 0.25) is 0 Å². The van der Waals surface area contributed by atoms with Crippen LogP contribution in [0.25, 0.3) is 0 Å². The fourth-order valence-corrected chi connectivity index (χ4v) is 3.02. The van der Waals surface area contributed by atoms with Gasteiger partial charge in [0.2, 0.25) is 5.88 Å². The van der Waals surface area contributed by atoms with Crippen molar-refractivity contribution >= 4 is 11.4 Å². The number of nitrogens with two attached hydrogens (primary N) is 1. The van der Waals surface area contributed by atoms with E-state index in [-0.39, 0.29) is 11.4 Å². The van der Waals surface area contributed by atoms with E-state index in [4.69, 9.17) is 10.5 Å². The molecule has 7 heteroatoms. The summed E-state index contributed by atoms with van der Waals surface area (Å²) in [5.74, 6) is 0.614. The normalized spacial score (nSPS) is 15.4. The average molecular weight is 344 g/mol. The molecule has 1 saturated heterocycles. The molecule has 0 bridgehead atoms. The standard InChI is InChI=1S/C18H24N4O3/c19-15-16(18(24)17(15)23)20-8-5-11-25-14-7-4-6-13(21-14)12-22-9-2-1-3-10-22/h4,6-7,20H,1-3,5,8-12,19H2. The number of rotatable bonds is 8. The van der Waals surface area contributed by atoms with E-state index in [1.807, 2.05) is 18.2 Å². The quantitative estimate of drug-likeness (QED) is 0.547. The molecule has 0 atom stereocenters. The molecule has 0 radical (unpaired) electrons. The molecule has 0 spiro atoms. The number of likely N-dealkylation sites (tertiary alicyclic amines) is 1. The van der Waals surface area contributed by atoms with Crippen LogP contribution in [0.1, 0.15) is 31.4 Å². The van der Waals surface area contributed by atoms with Gasteiger partial charge in [0.15, 0.2) is 0 Å². The fraction of sp³-hybridized carbons (Fsp3) is 0.500. The maximum Gasteiger partial charge on any atom is 0.253 e. The third-order valence-electron chi connectivity index (χ3n) is 4.44. The minimum absolute atomic E-state index is 0.0259. The molecule has 1 fully saturated rings. The monoisotopic (exact) mass is 344 g/mol. The fourth-order valence-electron chi connectivity index (χ4n) is 3.02. The van der Waals surface area contributed by atoms with E-state index in [0.717, 1.165) is 25.3 Å². The molecule has 3 N–H and O–H groups in total. The van der Waals surface area contributed by atoms with Crippen molar-refractivity contribution in [2.45, 2.75) is 32.2 Å². The van der Waals surface area contributed by atoms with Gasteiger partial charge in [-0.2, -0.15) is 0 Å². The van der Waals surface area contributed by atoms with E-state index < -0.39 is 10.9 Å². The molecule has 0 aliphatic carbocycles. The molecule has 0 saturated carbocycles. The van der Waals surface area contributed by atoms with E-state index in [0.29, 0.717) is 25.5 Å². The van der Waals surface area contributed by atoms with Crippen molar-refractivity contribution in [1.29, 1.82) is 0 Å². The number of anilines is 2. The Bertz CT molecular complexity index is 777. The highest BCUT2D eigenvalue weighted by atomic mass is 16.5. The minimum Gasteiger partial charge on any atom is -0.478 e. The number of hydrogen-bond donors (Lipinski definition) is 2. The van der Waals surface area contributed by atoms with Crippen molar-refractivity contribution in [1.82, 2.24) is 9.88 Å². The van der Waals surface area contributed by atoms with Crippen LogP contribution in [0, 0.1) is 0 Å². The first-order valence-electron chi connectivity index (χ1n) is 8.79. The van der Waals surface area contributed by atoms with Gasteiger partial charge in [0.1, 0.15) is 11.4 Å². The van der Waals surface area contributed by atoms with Crippen molar-refractivity contribution in [2.24, 2.45) is 0 Å². The SMILES string of the molecule is Nc1c(NCCCOc2cccc(CN3CCCCC3)n2)c(=O)c1=O. The van der Waals surface area contributed by atoms with E-state index >= 15 is 0 Å². The van der Waals surface area contributed by atoms with E-state index in [1.165, 1.54) is 19.3 Å². The second-order valence-electron chi connectivity index (χ2n) is 6.38. The van der Waals surface area contributed by atoms with Gasteiger partial charge in [-0.1, -0.05) is 12.5 Å². The Morgan fingerprint density at radius 1 is 1.16 bits per heavy atom. The second-order valence-corrected chi connectivity index (χ2v) is 6.38. The molecule has 25 heavy (non-hydrogen) atoms. The van der Waals surface area contributed by atoms with Gasteiger partial charge >= 0.3 is 0 Å². The molecule has 1 aromatic heterocycles. The number of nitrogens with one attached hydrogen (secondary N) is 1. The van der Waals surface area contributed by atoms with Crippen LogP contribution >= 0.6 is 0 Å². The van der Waals surface area contributed by atoms with Crippen LogP contribution in [-0.2, 0) is 6.54 Å². The number of hydrogen-bond acceptors (Lipinski definition) is 7. The number of aromatic nitrogens is 1. The van der Waals surface area contributed by atoms with Crippen molar-refractivity contribution in [3.05, 3.63) is 44.3 Å². The summed E-state index contributed by atoms with van der Waals surface area (Å²) in [5, 5.41) is 2.88. The van der Waals surface area contributed by atoms with E-state index in [9.17, 15) is 9.59 Å². The summed E-state index contributed by atoms with van der Waals surface area (Å²) < 4.78 is 5.68. The summed E-state index contributed by atoms with van der Waals surface area (Å²) in [6, 6.07) is 5.84. The summed E-state index contributed by atoms with van der Waals surface area (Å²) in [7, 11) is 0. The molecule has 0 amide bonds. The third-order valence-corrected chi connectivity index (χ3v) is 4.44. The lowest BCUT2D eigenvalue weighted by Crippen LogP contribution is -2.37. The minimum atomic E-state index is -0.603. The number of piperidine rings is 1. The zero-order valence-electron chi connectivity index (χ0n) is 14.3. The van der Waals surface area contributed by atoms with Crippen LogP contribution < -0.4 is 26.6 Å². The van der Waals surface area contributed by atoms with Crippen molar-refractivity contribution in [3.8, 4) is 5.88 Å². The summed E-state index contributed by atoms with van der Waals surface area (Å²) in [6.07, 6.45) is 4.52. The predicted molar refractivity (Wildman–Crippen MR) is 97.7 cm³/mol. The van der Waals surface area contributed by atoms with Crippen molar-refractivity contribution < 1.29 is 4.74 Å². The Hall–Kier alpha value is -2.41. The molecule has 1 aliphatic heterocycles. The first-order valence-corrected chi connectivity index (χ1v) is 8.79. The summed E-state index contributed by atoms with van der Waals surface area (Å²) in [5.41, 5.74) is 5.59. The zero-order chi connectivity index (χ0) is 17.6. The van der Waals surface area contributed by atoms with Gasteiger partial charge in [-0.05, 0) is 38.4 Å². The zero-order valence-corrected chi connectivity index (χ0v) is 14.3. The highest BCUT2D eigenvalue weighted by Gasteiger charge is 2.16. The van der Waals surface area contributed by atoms with Crippen molar-refractivity contribution in [2.75, 3.05) is 37.3 Å². The molecule has 0 unspecified atom stereocenters. The predicted octanol–water partition coefficient (Wildman–Crippen LogP) is 1.13. The average Bonchev–Trinajstić information content (AvgIpc) is 2.65. The molecule has 134 valence electrons. The van der Waals surface area contributed by atoms with Gasteiger partial charge in [-0.3, -0.25) is 14.5 Å². The molecular formula is C18H24N4O3. The molecule has 2 aromatic rings. The summed E-state index contributed by atoms with van der Waals surface area (Å²) in [4.78, 5) is 29.2. The van der Waals surface area contributed by atoms with Gasteiger partial charge in [0.05, 0.1) is 12.3 Å². The van der Waals surface area contributed by atoms with Crippen LogP contribution in [0.5, 0.6) is 5.88 Å². The smallest absolute Gasteiger partial charge is 0.253 e. The Labute approximate surface area is 146 Å². The Kier molecular flexibility index (Phi) is 5.65. The second kappa shape index (κ2) is 8.11. The Morgan fingerprint density at radius 2 is 1.96 bits per heavy atom. The van der Waals surface area contributed by atoms with Gasteiger partial charge in [-0.25, -0.2) is 4.98 Å². The van der Waals surface area contributed by atoms with Gasteiger partial charge in [0, 0.05) is 19.2 Å². The summed E-state index contributed by atoms with van der Waals surface area (Å²) >= 11 is 0. The first kappa shape index (κ1) is 17.4. The number of pyridine rings is 1. The first-order chi connectivity index (χ1) is 12.1. The Balaban J connectivity index is 1.40. The molecule has 2 heterocycles.